The molecule has 0 aromatic heterocycles. The Morgan fingerprint density at radius 1 is 0.708 bits per heavy atom. The number of Topliss-reactive ketones (excluding diaryl/α,β-unsaturated/α-hetero) is 2. The summed E-state index contributed by atoms with van der Waals surface area (Å²) in [6.45, 7) is 12.8. The second-order valence-electron chi connectivity index (χ2n) is 8.63. The Balaban J connectivity index is 2.29. The van der Waals surface area contributed by atoms with Gasteiger partial charge >= 0.3 is 0 Å². The van der Waals surface area contributed by atoms with E-state index >= 15 is 0 Å². The quantitative estimate of drug-likeness (QED) is 0.651. The molecule has 2 aliphatic rings. The van der Waals surface area contributed by atoms with Crippen LogP contribution in [-0.2, 0) is 9.59 Å². The molecule has 134 valence electrons. The van der Waals surface area contributed by atoms with Gasteiger partial charge in [0.15, 0.2) is 11.6 Å². The smallest absolute Gasteiger partial charge is 0.162 e. The van der Waals surface area contributed by atoms with Crippen molar-refractivity contribution in [1.82, 2.24) is 0 Å². The fourth-order valence-electron chi connectivity index (χ4n) is 4.29. The van der Waals surface area contributed by atoms with Crippen LogP contribution in [0, 0.1) is 35.5 Å². The Labute approximate surface area is 147 Å². The van der Waals surface area contributed by atoms with Gasteiger partial charge in [0, 0.05) is 11.8 Å². The van der Waals surface area contributed by atoms with E-state index in [0.717, 1.165) is 36.8 Å². The fourth-order valence-corrected chi connectivity index (χ4v) is 4.29. The van der Waals surface area contributed by atoms with Crippen LogP contribution in [0.1, 0.15) is 67.2 Å². The molecule has 0 aromatic rings. The lowest BCUT2D eigenvalue weighted by Gasteiger charge is -2.31. The minimum atomic E-state index is 0.147. The molecule has 4 unspecified atom stereocenters. The highest BCUT2D eigenvalue weighted by Gasteiger charge is 2.34. The molecule has 0 aromatic carbocycles. The number of ketones is 2. The second-order valence-corrected chi connectivity index (χ2v) is 8.63. The highest BCUT2D eigenvalue weighted by Crippen LogP contribution is 2.36. The Hall–Kier alpha value is -1.18. The lowest BCUT2D eigenvalue weighted by atomic mass is 9.72. The summed E-state index contributed by atoms with van der Waals surface area (Å²) in [6.07, 6.45) is 8.10. The van der Waals surface area contributed by atoms with Crippen molar-refractivity contribution >= 4 is 11.6 Å². The number of rotatable bonds is 3. The standard InChI is InChI=1S/C22H34O2/c1-13(2)17-9-7-15(5)19(21(17)23)11-12-20-16(6)8-10-18(14(3)4)22(20)24/h11-18H,7-10H2,1-6H3. The van der Waals surface area contributed by atoms with Crippen molar-refractivity contribution in [2.75, 3.05) is 0 Å². The summed E-state index contributed by atoms with van der Waals surface area (Å²) in [5.74, 6) is 2.29. The summed E-state index contributed by atoms with van der Waals surface area (Å²) in [6, 6.07) is 0. The molecule has 0 radical (unpaired) electrons. The Bertz CT molecular complexity index is 500. The largest absolute Gasteiger partial charge is 0.294 e. The third-order valence-electron chi connectivity index (χ3n) is 6.18. The highest BCUT2D eigenvalue weighted by molar-refractivity contribution is 6.01. The summed E-state index contributed by atoms with van der Waals surface area (Å²) in [7, 11) is 0. The summed E-state index contributed by atoms with van der Waals surface area (Å²) >= 11 is 0. The predicted octanol–water partition coefficient (Wildman–Crippen LogP) is 5.38. The second kappa shape index (κ2) is 7.80. The molecule has 2 rings (SSSR count). The summed E-state index contributed by atoms with van der Waals surface area (Å²) < 4.78 is 0. The molecular weight excluding hydrogens is 296 g/mol. The van der Waals surface area contributed by atoms with E-state index in [1.165, 1.54) is 0 Å². The molecule has 2 heteroatoms. The Kier molecular flexibility index (Phi) is 6.22. The van der Waals surface area contributed by atoms with E-state index in [4.69, 9.17) is 0 Å². The van der Waals surface area contributed by atoms with Crippen LogP contribution in [-0.4, -0.2) is 11.6 Å². The zero-order valence-corrected chi connectivity index (χ0v) is 16.3. The van der Waals surface area contributed by atoms with Gasteiger partial charge in [-0.05, 0) is 60.5 Å². The van der Waals surface area contributed by atoms with Crippen molar-refractivity contribution in [2.45, 2.75) is 67.2 Å². The van der Waals surface area contributed by atoms with Crippen LogP contribution in [0.15, 0.2) is 23.3 Å². The first-order valence-corrected chi connectivity index (χ1v) is 9.74. The topological polar surface area (TPSA) is 34.1 Å². The van der Waals surface area contributed by atoms with Gasteiger partial charge in [0.05, 0.1) is 0 Å². The zero-order chi connectivity index (χ0) is 18.0. The van der Waals surface area contributed by atoms with Gasteiger partial charge < -0.3 is 0 Å². The predicted molar refractivity (Wildman–Crippen MR) is 99.6 cm³/mol. The van der Waals surface area contributed by atoms with Crippen molar-refractivity contribution in [3.8, 4) is 0 Å². The van der Waals surface area contributed by atoms with Crippen LogP contribution in [0.2, 0.25) is 0 Å². The van der Waals surface area contributed by atoms with Crippen molar-refractivity contribution in [2.24, 2.45) is 35.5 Å². The lowest BCUT2D eigenvalue weighted by Crippen LogP contribution is -2.31. The summed E-state index contributed by atoms with van der Waals surface area (Å²) in [4.78, 5) is 25.6. The Morgan fingerprint density at radius 3 is 1.33 bits per heavy atom. The fraction of sp³-hybridized carbons (Fsp3) is 0.727. The van der Waals surface area contributed by atoms with Crippen LogP contribution in [0.4, 0.5) is 0 Å². The van der Waals surface area contributed by atoms with Crippen molar-refractivity contribution in [3.05, 3.63) is 23.3 Å². The van der Waals surface area contributed by atoms with Crippen molar-refractivity contribution < 1.29 is 9.59 Å². The SMILES string of the molecule is CC1CCC(C(C)C)C(=O)C1=CC=C1C(=O)C(C(C)C)CCC1C. The average molecular weight is 331 g/mol. The number of hydrogen-bond donors (Lipinski definition) is 0. The molecule has 2 aliphatic carbocycles. The molecule has 0 aliphatic heterocycles. The maximum Gasteiger partial charge on any atom is 0.162 e. The number of carbonyl (C=O) groups is 2. The normalized spacial score (nSPS) is 35.5. The molecule has 24 heavy (non-hydrogen) atoms. The van der Waals surface area contributed by atoms with Crippen LogP contribution in [0.3, 0.4) is 0 Å². The lowest BCUT2D eigenvalue weighted by molar-refractivity contribution is -0.123. The first-order valence-electron chi connectivity index (χ1n) is 9.74. The molecule has 0 amide bonds. The summed E-state index contributed by atoms with van der Waals surface area (Å²) in [5, 5.41) is 0. The molecule has 0 saturated heterocycles. The third kappa shape index (κ3) is 3.90. The maximum atomic E-state index is 12.8. The van der Waals surface area contributed by atoms with Crippen LogP contribution in [0.5, 0.6) is 0 Å². The molecule has 4 atom stereocenters. The number of carbonyl (C=O) groups excluding carboxylic acids is 2. The van der Waals surface area contributed by atoms with Gasteiger partial charge in [-0.1, -0.05) is 53.7 Å². The molecule has 2 saturated carbocycles. The van der Waals surface area contributed by atoms with Gasteiger partial charge in [0.2, 0.25) is 0 Å². The molecule has 2 fully saturated rings. The molecular formula is C22H34O2. The van der Waals surface area contributed by atoms with Crippen LogP contribution < -0.4 is 0 Å². The third-order valence-corrected chi connectivity index (χ3v) is 6.18. The zero-order valence-electron chi connectivity index (χ0n) is 16.3. The molecule has 0 heterocycles. The average Bonchev–Trinajstić information content (AvgIpc) is 2.48. The van der Waals surface area contributed by atoms with Crippen molar-refractivity contribution in [3.63, 3.8) is 0 Å². The van der Waals surface area contributed by atoms with E-state index < -0.39 is 0 Å². The van der Waals surface area contributed by atoms with Gasteiger partial charge in [0.1, 0.15) is 0 Å². The van der Waals surface area contributed by atoms with Gasteiger partial charge in [-0.2, -0.15) is 0 Å². The molecule has 0 spiro atoms. The van der Waals surface area contributed by atoms with E-state index in [-0.39, 0.29) is 11.8 Å². The van der Waals surface area contributed by atoms with Gasteiger partial charge in [-0.3, -0.25) is 9.59 Å². The van der Waals surface area contributed by atoms with E-state index in [9.17, 15) is 9.59 Å². The number of hydrogen-bond acceptors (Lipinski definition) is 2. The van der Waals surface area contributed by atoms with E-state index in [0.29, 0.717) is 35.2 Å². The molecule has 2 nitrogen and oxygen atoms in total. The van der Waals surface area contributed by atoms with E-state index in [2.05, 4.69) is 41.5 Å². The first kappa shape index (κ1) is 19.1. The highest BCUT2D eigenvalue weighted by atomic mass is 16.1. The maximum absolute atomic E-state index is 12.8. The van der Waals surface area contributed by atoms with Gasteiger partial charge in [-0.25, -0.2) is 0 Å². The van der Waals surface area contributed by atoms with Gasteiger partial charge in [-0.15, -0.1) is 0 Å². The van der Waals surface area contributed by atoms with Crippen molar-refractivity contribution in [1.29, 1.82) is 0 Å². The summed E-state index contributed by atoms with van der Waals surface area (Å²) in [5.41, 5.74) is 1.86. The monoisotopic (exact) mass is 330 g/mol. The van der Waals surface area contributed by atoms with Crippen LogP contribution >= 0.6 is 0 Å². The van der Waals surface area contributed by atoms with Gasteiger partial charge in [0.25, 0.3) is 0 Å². The first-order chi connectivity index (χ1) is 11.2. The molecule has 0 bridgehead atoms. The van der Waals surface area contributed by atoms with Crippen LogP contribution in [0.25, 0.3) is 0 Å². The minimum absolute atomic E-state index is 0.147. The Morgan fingerprint density at radius 2 is 1.04 bits per heavy atom. The molecule has 0 N–H and O–H groups in total. The van der Waals surface area contributed by atoms with E-state index in [1.807, 2.05) is 12.2 Å². The van der Waals surface area contributed by atoms with E-state index in [1.54, 1.807) is 0 Å². The number of allylic oxidation sites excluding steroid dienone is 4. The minimum Gasteiger partial charge on any atom is -0.294 e.